The Morgan fingerprint density at radius 3 is 2.34 bits per heavy atom. The van der Waals surface area contributed by atoms with Crippen molar-refractivity contribution in [3.05, 3.63) is 42.0 Å². The Bertz CT molecular complexity index is 1280. The van der Waals surface area contributed by atoms with E-state index in [0.717, 1.165) is 59.4 Å². The van der Waals surface area contributed by atoms with Crippen LogP contribution in [-0.4, -0.2) is 62.6 Å². The maximum atomic E-state index is 5.47. The largest absolute Gasteiger partial charge is 0.493 e. The van der Waals surface area contributed by atoms with Gasteiger partial charge >= 0.3 is 0 Å². The summed E-state index contributed by atoms with van der Waals surface area (Å²) in [5, 5.41) is 8.67. The normalized spacial score (nSPS) is 13.5. The van der Waals surface area contributed by atoms with Gasteiger partial charge in [-0.15, -0.1) is 11.3 Å². The molecule has 0 amide bonds. The molecule has 1 aliphatic rings. The van der Waals surface area contributed by atoms with Gasteiger partial charge < -0.3 is 34.5 Å². The molecule has 0 atom stereocenters. The molecule has 1 saturated heterocycles. The predicted octanol–water partition coefficient (Wildman–Crippen LogP) is 4.44. The first-order valence-corrected chi connectivity index (χ1v) is 11.9. The number of methoxy groups -OCH3 is 3. The summed E-state index contributed by atoms with van der Waals surface area (Å²) in [5.74, 6) is 3.10. The molecule has 1 fully saturated rings. The fourth-order valence-corrected chi connectivity index (χ4v) is 4.65. The van der Waals surface area contributed by atoms with Crippen LogP contribution < -0.4 is 29.7 Å². The number of rotatable bonds is 8. The predicted molar refractivity (Wildman–Crippen MR) is 137 cm³/mol. The summed E-state index contributed by atoms with van der Waals surface area (Å²) in [6, 6.07) is 7.68. The van der Waals surface area contributed by atoms with Crippen LogP contribution in [0.2, 0.25) is 0 Å². The van der Waals surface area contributed by atoms with Crippen LogP contribution in [0.1, 0.15) is 0 Å². The number of anilines is 5. The van der Waals surface area contributed by atoms with Gasteiger partial charge in [-0.2, -0.15) is 0 Å². The Kier molecular flexibility index (Phi) is 6.68. The molecule has 0 bridgehead atoms. The zero-order chi connectivity index (χ0) is 24.2. The first-order valence-electron chi connectivity index (χ1n) is 11.1. The van der Waals surface area contributed by atoms with Gasteiger partial charge in [0.2, 0.25) is 11.7 Å². The van der Waals surface area contributed by atoms with Gasteiger partial charge in [0.25, 0.3) is 0 Å². The molecule has 0 unspecified atom stereocenters. The van der Waals surface area contributed by atoms with Crippen LogP contribution in [0.3, 0.4) is 0 Å². The average molecular weight is 495 g/mol. The third-order valence-electron chi connectivity index (χ3n) is 5.60. The van der Waals surface area contributed by atoms with E-state index in [1.807, 2.05) is 35.8 Å². The minimum Gasteiger partial charge on any atom is -0.493 e. The average Bonchev–Trinajstić information content (AvgIpc) is 3.30. The minimum absolute atomic E-state index is 0.491. The van der Waals surface area contributed by atoms with Crippen molar-refractivity contribution in [2.45, 2.75) is 0 Å². The number of thiophene rings is 1. The van der Waals surface area contributed by atoms with E-state index in [1.165, 1.54) is 0 Å². The first-order chi connectivity index (χ1) is 17.2. The van der Waals surface area contributed by atoms with E-state index < -0.39 is 0 Å². The van der Waals surface area contributed by atoms with Crippen molar-refractivity contribution in [3.63, 3.8) is 0 Å². The molecular formula is C24H26N6O4S. The Morgan fingerprint density at radius 2 is 1.69 bits per heavy atom. The van der Waals surface area contributed by atoms with Crippen LogP contribution >= 0.6 is 11.3 Å². The van der Waals surface area contributed by atoms with E-state index in [0.29, 0.717) is 23.2 Å². The van der Waals surface area contributed by atoms with Gasteiger partial charge in [-0.05, 0) is 12.1 Å². The third kappa shape index (κ3) is 4.86. The van der Waals surface area contributed by atoms with Crippen LogP contribution in [-0.2, 0) is 4.74 Å². The van der Waals surface area contributed by atoms with E-state index in [2.05, 4.69) is 25.5 Å². The molecule has 11 heteroatoms. The zero-order valence-corrected chi connectivity index (χ0v) is 20.5. The monoisotopic (exact) mass is 494 g/mol. The van der Waals surface area contributed by atoms with Crippen LogP contribution in [0.15, 0.2) is 42.0 Å². The fraction of sp³-hybridized carbons (Fsp3) is 0.292. The molecule has 1 aliphatic heterocycles. The molecule has 2 N–H and O–H groups in total. The highest BCUT2D eigenvalue weighted by molar-refractivity contribution is 7.17. The standard InChI is InChI=1S/C24H26N6O4S/c1-31-18-10-16(11-19(32-2)23(18)33-3)27-17-14-35-20-13-26-24(29-22(17)20)28-15-4-5-21(25-12-15)30-6-8-34-9-7-30/h4-5,10-14,27H,6-9H2,1-3H3,(H,26,28,29). The van der Waals surface area contributed by atoms with Crippen molar-refractivity contribution in [2.24, 2.45) is 0 Å². The molecule has 0 saturated carbocycles. The maximum absolute atomic E-state index is 5.47. The number of aromatic nitrogens is 3. The molecule has 10 nitrogen and oxygen atoms in total. The Balaban J connectivity index is 1.36. The summed E-state index contributed by atoms with van der Waals surface area (Å²) < 4.78 is 22.7. The lowest BCUT2D eigenvalue weighted by Crippen LogP contribution is -2.36. The Labute approximate surface area is 206 Å². The van der Waals surface area contributed by atoms with Crippen LogP contribution in [0, 0.1) is 0 Å². The lowest BCUT2D eigenvalue weighted by atomic mass is 10.2. The molecule has 182 valence electrons. The van der Waals surface area contributed by atoms with E-state index in [1.54, 1.807) is 38.9 Å². The zero-order valence-electron chi connectivity index (χ0n) is 19.7. The third-order valence-corrected chi connectivity index (χ3v) is 6.50. The van der Waals surface area contributed by atoms with E-state index in [4.69, 9.17) is 23.9 Å². The number of benzene rings is 1. The number of morpholine rings is 1. The highest BCUT2D eigenvalue weighted by atomic mass is 32.1. The number of hydrogen-bond donors (Lipinski definition) is 2. The van der Waals surface area contributed by atoms with Crippen molar-refractivity contribution in [1.29, 1.82) is 0 Å². The lowest BCUT2D eigenvalue weighted by molar-refractivity contribution is 0.122. The van der Waals surface area contributed by atoms with Crippen molar-refractivity contribution >= 4 is 50.4 Å². The van der Waals surface area contributed by atoms with Crippen LogP contribution in [0.25, 0.3) is 10.2 Å². The molecule has 0 radical (unpaired) electrons. The van der Waals surface area contributed by atoms with Crippen molar-refractivity contribution in [1.82, 2.24) is 15.0 Å². The van der Waals surface area contributed by atoms with Gasteiger partial charge in [0.15, 0.2) is 11.5 Å². The summed E-state index contributed by atoms with van der Waals surface area (Å²) in [6.07, 6.45) is 3.60. The van der Waals surface area contributed by atoms with Gasteiger partial charge in [0.1, 0.15) is 11.3 Å². The second-order valence-electron chi connectivity index (χ2n) is 7.72. The number of fused-ring (bicyclic) bond motifs is 1. The minimum atomic E-state index is 0.491. The molecule has 5 rings (SSSR count). The second-order valence-corrected chi connectivity index (χ2v) is 8.64. The van der Waals surface area contributed by atoms with Gasteiger partial charge in [-0.1, -0.05) is 0 Å². The molecular weight excluding hydrogens is 468 g/mol. The summed E-state index contributed by atoms with van der Waals surface area (Å²) in [7, 11) is 4.76. The van der Waals surface area contributed by atoms with Gasteiger partial charge in [-0.25, -0.2) is 15.0 Å². The topological polar surface area (TPSA) is 103 Å². The summed E-state index contributed by atoms with van der Waals surface area (Å²) >= 11 is 1.56. The van der Waals surface area contributed by atoms with E-state index >= 15 is 0 Å². The molecule has 3 aromatic heterocycles. The quantitative estimate of drug-likeness (QED) is 0.365. The molecule has 4 aromatic rings. The molecule has 35 heavy (non-hydrogen) atoms. The number of hydrogen-bond acceptors (Lipinski definition) is 11. The fourth-order valence-electron chi connectivity index (χ4n) is 3.85. The lowest BCUT2D eigenvalue weighted by Gasteiger charge is -2.27. The van der Waals surface area contributed by atoms with Gasteiger partial charge in [0.05, 0.1) is 63.0 Å². The van der Waals surface area contributed by atoms with E-state index in [9.17, 15) is 0 Å². The number of ether oxygens (including phenoxy) is 4. The summed E-state index contributed by atoms with van der Waals surface area (Å²) in [5.41, 5.74) is 3.26. The Morgan fingerprint density at radius 1 is 0.914 bits per heavy atom. The molecule has 1 aromatic carbocycles. The number of nitrogens with zero attached hydrogens (tertiary/aromatic N) is 4. The second kappa shape index (κ2) is 10.2. The smallest absolute Gasteiger partial charge is 0.227 e. The van der Waals surface area contributed by atoms with Gasteiger partial charge in [0, 0.05) is 36.3 Å². The Hall–Kier alpha value is -3.83. The number of nitrogens with one attached hydrogen (secondary N) is 2. The van der Waals surface area contributed by atoms with Crippen molar-refractivity contribution < 1.29 is 18.9 Å². The first kappa shape index (κ1) is 22.9. The van der Waals surface area contributed by atoms with Crippen LogP contribution in [0.5, 0.6) is 17.2 Å². The number of pyridine rings is 1. The highest BCUT2D eigenvalue weighted by Crippen LogP contribution is 2.41. The van der Waals surface area contributed by atoms with Crippen LogP contribution in [0.4, 0.5) is 28.8 Å². The molecule has 4 heterocycles. The maximum Gasteiger partial charge on any atom is 0.227 e. The summed E-state index contributed by atoms with van der Waals surface area (Å²) in [6.45, 7) is 3.14. The SMILES string of the molecule is COc1cc(Nc2csc3cnc(Nc4ccc(N5CCOCC5)nc4)nc23)cc(OC)c1OC. The summed E-state index contributed by atoms with van der Waals surface area (Å²) in [4.78, 5) is 16.0. The van der Waals surface area contributed by atoms with Gasteiger partial charge in [-0.3, -0.25) is 0 Å². The highest BCUT2D eigenvalue weighted by Gasteiger charge is 2.16. The van der Waals surface area contributed by atoms with Crippen molar-refractivity contribution in [2.75, 3.05) is 63.2 Å². The molecule has 0 aliphatic carbocycles. The van der Waals surface area contributed by atoms with E-state index in [-0.39, 0.29) is 0 Å². The van der Waals surface area contributed by atoms with Crippen molar-refractivity contribution in [3.8, 4) is 17.2 Å². The molecule has 0 spiro atoms.